The van der Waals surface area contributed by atoms with Crippen LogP contribution in [-0.2, 0) is 11.4 Å². The van der Waals surface area contributed by atoms with Gasteiger partial charge in [0.25, 0.3) is 0 Å². The van der Waals surface area contributed by atoms with E-state index in [0.717, 1.165) is 5.56 Å². The van der Waals surface area contributed by atoms with E-state index >= 15 is 4.39 Å². The van der Waals surface area contributed by atoms with E-state index in [1.54, 1.807) is 18.2 Å². The summed E-state index contributed by atoms with van der Waals surface area (Å²) < 4.78 is 101. The second-order valence-electron chi connectivity index (χ2n) is 11.0. The molecule has 0 aliphatic carbocycles. The number of hydrogen-bond acceptors (Lipinski definition) is 6. The minimum atomic E-state index is -4.87. The van der Waals surface area contributed by atoms with Gasteiger partial charge in [0.1, 0.15) is 18.3 Å². The second-order valence-corrected chi connectivity index (χ2v) is 12.3. The summed E-state index contributed by atoms with van der Waals surface area (Å²) in [6.45, 7) is -0.707. The van der Waals surface area contributed by atoms with Crippen molar-refractivity contribution in [3.8, 4) is 17.0 Å². The third-order valence-electron chi connectivity index (χ3n) is 7.88. The Labute approximate surface area is 267 Å². The Kier molecular flexibility index (Phi) is 9.79. The number of piperidine rings is 1. The Hall–Kier alpha value is -3.18. The predicted octanol–water partition coefficient (Wildman–Crippen LogP) is 6.77. The largest absolute Gasteiger partial charge is 0.485 e. The highest BCUT2D eigenvalue weighted by molar-refractivity contribution is 14.1. The minimum absolute atomic E-state index is 0.0430. The van der Waals surface area contributed by atoms with Gasteiger partial charge in [0.15, 0.2) is 17.6 Å². The molecule has 15 heteroatoms. The van der Waals surface area contributed by atoms with Crippen molar-refractivity contribution >= 4 is 34.4 Å². The molecule has 2 unspecified atom stereocenters. The van der Waals surface area contributed by atoms with Crippen LogP contribution in [0.4, 0.5) is 36.6 Å². The number of aliphatic carboxylic acids is 1. The molecular weight excluding hydrogens is 724 g/mol. The van der Waals surface area contributed by atoms with E-state index in [1.807, 2.05) is 34.7 Å². The Balaban J connectivity index is 1.31. The number of halogens is 8. The van der Waals surface area contributed by atoms with E-state index in [2.05, 4.69) is 10.4 Å². The van der Waals surface area contributed by atoms with Gasteiger partial charge in [-0.2, -0.15) is 26.3 Å². The molecular formula is C30H28F7IN4O3. The first kappa shape index (κ1) is 33.2. The van der Waals surface area contributed by atoms with Crippen molar-refractivity contribution in [3.63, 3.8) is 0 Å². The molecule has 0 saturated carbocycles. The smallest absolute Gasteiger partial charge is 0.411 e. The zero-order chi connectivity index (χ0) is 32.5. The number of aromatic nitrogens is 1. The highest BCUT2D eigenvalue weighted by Crippen LogP contribution is 2.38. The lowest BCUT2D eigenvalue weighted by Gasteiger charge is -2.32. The van der Waals surface area contributed by atoms with E-state index < -0.39 is 49.2 Å². The molecule has 5 rings (SSSR count). The number of nitrogens with zero attached hydrogens (tertiary/aromatic N) is 3. The molecule has 1 aromatic heterocycles. The quantitative estimate of drug-likeness (QED) is 0.195. The van der Waals surface area contributed by atoms with Crippen LogP contribution in [0.3, 0.4) is 0 Å². The van der Waals surface area contributed by atoms with Gasteiger partial charge < -0.3 is 9.84 Å². The SMILES string of the molecule is O=C(O)C1CNN(c2cccc(-c3cc(I)cc(F)c3OCc3ccc(C4CCN(CC(F)(F)F)CC4)cc3)n2)C1C(F)(F)F. The van der Waals surface area contributed by atoms with Gasteiger partial charge in [-0.15, -0.1) is 0 Å². The summed E-state index contributed by atoms with van der Waals surface area (Å²) in [5.41, 5.74) is 4.49. The highest BCUT2D eigenvalue weighted by atomic mass is 127. The Morgan fingerprint density at radius 1 is 1.04 bits per heavy atom. The number of nitrogens with one attached hydrogen (secondary N) is 1. The number of anilines is 1. The van der Waals surface area contributed by atoms with Crippen LogP contribution in [0.1, 0.15) is 29.9 Å². The van der Waals surface area contributed by atoms with Crippen molar-refractivity contribution in [2.24, 2.45) is 5.92 Å². The number of carboxylic acids is 1. The van der Waals surface area contributed by atoms with Crippen molar-refractivity contribution in [1.29, 1.82) is 0 Å². The van der Waals surface area contributed by atoms with Gasteiger partial charge in [0.05, 0.1) is 12.2 Å². The summed E-state index contributed by atoms with van der Waals surface area (Å²) in [6, 6.07) is 12.0. The number of ether oxygens (including phenoxy) is 1. The lowest BCUT2D eigenvalue weighted by Crippen LogP contribution is -2.49. The molecule has 3 heterocycles. The first-order chi connectivity index (χ1) is 21.2. The molecule has 2 N–H and O–H groups in total. The van der Waals surface area contributed by atoms with Crippen LogP contribution in [0.2, 0.25) is 0 Å². The van der Waals surface area contributed by atoms with Gasteiger partial charge in [0, 0.05) is 15.7 Å². The number of hydrazine groups is 1. The molecule has 3 aromatic rings. The summed E-state index contributed by atoms with van der Waals surface area (Å²) in [5.74, 6) is -4.29. The molecule has 242 valence electrons. The Morgan fingerprint density at radius 2 is 1.73 bits per heavy atom. The maximum Gasteiger partial charge on any atom is 0.411 e. The van der Waals surface area contributed by atoms with Crippen LogP contribution >= 0.6 is 22.6 Å². The standard InChI is InChI=1S/C30H28F7IN4O3/c31-23-13-20(38)12-21(24-2-1-3-25(40-24)42-27(30(35,36)37)22(14-39-42)28(43)44)26(23)45-15-17-4-6-18(7-5-17)19-8-10-41(11-9-19)16-29(32,33)34/h1-7,12-13,19,22,27,39H,8-11,14-16H2,(H,43,44). The Morgan fingerprint density at radius 3 is 2.36 bits per heavy atom. The normalized spacial score (nSPS) is 20.0. The first-order valence-corrected chi connectivity index (χ1v) is 15.1. The third-order valence-corrected chi connectivity index (χ3v) is 8.51. The topological polar surface area (TPSA) is 77.9 Å². The number of hydrogen-bond donors (Lipinski definition) is 2. The van der Waals surface area contributed by atoms with E-state index in [4.69, 9.17) is 4.74 Å². The summed E-state index contributed by atoms with van der Waals surface area (Å²) in [6.07, 6.45) is -7.89. The van der Waals surface area contributed by atoms with Gasteiger partial charge in [-0.3, -0.25) is 14.7 Å². The number of likely N-dealkylation sites (tertiary alicyclic amines) is 1. The average Bonchev–Trinajstić information content (AvgIpc) is 3.43. The third kappa shape index (κ3) is 7.98. The van der Waals surface area contributed by atoms with Gasteiger partial charge >= 0.3 is 18.3 Å². The molecule has 7 nitrogen and oxygen atoms in total. The number of carboxylic acid groups (broad SMARTS) is 1. The van der Waals surface area contributed by atoms with E-state index in [1.165, 1.54) is 29.2 Å². The summed E-state index contributed by atoms with van der Waals surface area (Å²) >= 11 is 1.90. The van der Waals surface area contributed by atoms with Crippen LogP contribution in [0.15, 0.2) is 54.6 Å². The zero-order valence-corrected chi connectivity index (χ0v) is 25.7. The lowest BCUT2D eigenvalue weighted by atomic mass is 9.89. The molecule has 2 aromatic carbocycles. The number of carbonyl (C=O) groups is 1. The molecule has 0 bridgehead atoms. The number of rotatable bonds is 8. The molecule has 2 atom stereocenters. The van der Waals surface area contributed by atoms with Crippen molar-refractivity contribution in [2.45, 2.75) is 43.8 Å². The highest BCUT2D eigenvalue weighted by Gasteiger charge is 2.55. The molecule has 0 amide bonds. The van der Waals surface area contributed by atoms with Crippen LogP contribution in [0, 0.1) is 15.3 Å². The van der Waals surface area contributed by atoms with Crippen LogP contribution in [0.25, 0.3) is 11.3 Å². The van der Waals surface area contributed by atoms with Crippen molar-refractivity contribution in [1.82, 2.24) is 15.3 Å². The summed E-state index contributed by atoms with van der Waals surface area (Å²) in [7, 11) is 0. The van der Waals surface area contributed by atoms with Crippen LogP contribution < -0.4 is 15.2 Å². The first-order valence-electron chi connectivity index (χ1n) is 14.0. The second kappa shape index (κ2) is 13.3. The van der Waals surface area contributed by atoms with E-state index in [-0.39, 0.29) is 35.3 Å². The van der Waals surface area contributed by atoms with Gasteiger partial charge in [-0.05, 0) is 89.8 Å². The molecule has 2 aliphatic heterocycles. The molecule has 0 spiro atoms. The molecule has 2 saturated heterocycles. The van der Waals surface area contributed by atoms with Gasteiger partial charge in [-0.25, -0.2) is 14.8 Å². The van der Waals surface area contributed by atoms with E-state index in [9.17, 15) is 36.2 Å². The minimum Gasteiger partial charge on any atom is -0.485 e. The van der Waals surface area contributed by atoms with Gasteiger partial charge in [0.2, 0.25) is 0 Å². The van der Waals surface area contributed by atoms with E-state index in [0.29, 0.717) is 40.1 Å². The predicted molar refractivity (Wildman–Crippen MR) is 159 cm³/mol. The fourth-order valence-electron chi connectivity index (χ4n) is 5.73. The van der Waals surface area contributed by atoms with Crippen LogP contribution in [0.5, 0.6) is 5.75 Å². The lowest BCUT2D eigenvalue weighted by molar-refractivity contribution is -0.168. The number of alkyl halides is 6. The number of benzene rings is 2. The fraction of sp³-hybridized carbons (Fsp3) is 0.400. The van der Waals surface area contributed by atoms with Crippen LogP contribution in [-0.4, -0.2) is 65.5 Å². The maximum absolute atomic E-state index is 15.2. The monoisotopic (exact) mass is 752 g/mol. The summed E-state index contributed by atoms with van der Waals surface area (Å²) in [5, 5.41) is 10.0. The zero-order valence-electron chi connectivity index (χ0n) is 23.5. The van der Waals surface area contributed by atoms with Crippen molar-refractivity contribution in [2.75, 3.05) is 31.2 Å². The maximum atomic E-state index is 15.2. The molecule has 2 fully saturated rings. The average molecular weight is 752 g/mol. The van der Waals surface area contributed by atoms with Crippen molar-refractivity contribution in [3.05, 3.63) is 75.1 Å². The summed E-state index contributed by atoms with van der Waals surface area (Å²) in [4.78, 5) is 17.2. The molecule has 0 radical (unpaired) electrons. The Bertz CT molecular complexity index is 1510. The van der Waals surface area contributed by atoms with Gasteiger partial charge in [-0.1, -0.05) is 30.3 Å². The fourth-order valence-corrected chi connectivity index (χ4v) is 6.32. The molecule has 45 heavy (non-hydrogen) atoms. The number of pyridine rings is 1. The molecule has 2 aliphatic rings. The van der Waals surface area contributed by atoms with Crippen molar-refractivity contribution < 1.29 is 45.4 Å².